The predicted molar refractivity (Wildman–Crippen MR) is 106 cm³/mol. The van der Waals surface area contributed by atoms with Crippen molar-refractivity contribution < 1.29 is 19.7 Å². The summed E-state index contributed by atoms with van der Waals surface area (Å²) in [6.07, 6.45) is 1.75. The van der Waals surface area contributed by atoms with Gasteiger partial charge < -0.3 is 24.9 Å². The number of hydrogen-bond donors (Lipinski definition) is 4. The van der Waals surface area contributed by atoms with E-state index in [1.165, 1.54) is 0 Å². The third kappa shape index (κ3) is 3.07. The molecule has 8 nitrogen and oxygen atoms in total. The van der Waals surface area contributed by atoms with E-state index in [0.29, 0.717) is 27.5 Å². The number of aromatic amines is 2. The van der Waals surface area contributed by atoms with E-state index < -0.39 is 18.2 Å². The molecule has 0 radical (unpaired) electrons. The smallest absolute Gasteiger partial charge is 0.341 e. The Hall–Kier alpha value is -3.83. The molecular weight excluding hydrogens is 372 g/mol. The van der Waals surface area contributed by atoms with E-state index in [1.807, 2.05) is 6.92 Å². The van der Waals surface area contributed by atoms with Crippen molar-refractivity contribution in [1.82, 2.24) is 15.0 Å². The van der Waals surface area contributed by atoms with E-state index in [4.69, 9.17) is 15.1 Å². The van der Waals surface area contributed by atoms with E-state index in [9.17, 15) is 9.90 Å². The second kappa shape index (κ2) is 6.65. The van der Waals surface area contributed by atoms with E-state index in [0.717, 1.165) is 11.1 Å². The summed E-state index contributed by atoms with van der Waals surface area (Å²) in [5.74, 6) is -0.593. The first kappa shape index (κ1) is 18.5. The van der Waals surface area contributed by atoms with Gasteiger partial charge in [-0.3, -0.25) is 0 Å². The predicted octanol–water partition coefficient (Wildman–Crippen LogP) is 2.94. The first-order valence-corrected chi connectivity index (χ1v) is 8.89. The summed E-state index contributed by atoms with van der Waals surface area (Å²) in [5, 5.41) is 30.4. The van der Waals surface area contributed by atoms with Gasteiger partial charge in [0.1, 0.15) is 17.2 Å². The van der Waals surface area contributed by atoms with Crippen LogP contribution in [0.2, 0.25) is 0 Å². The molecule has 2 heterocycles. The Morgan fingerprint density at radius 3 is 2.86 bits per heavy atom. The van der Waals surface area contributed by atoms with Crippen molar-refractivity contribution in [3.63, 3.8) is 0 Å². The quantitative estimate of drug-likeness (QED) is 0.414. The zero-order valence-corrected chi connectivity index (χ0v) is 15.8. The molecular formula is C21H18N4O4. The van der Waals surface area contributed by atoms with Crippen LogP contribution < -0.4 is 4.74 Å². The molecule has 0 spiro atoms. The summed E-state index contributed by atoms with van der Waals surface area (Å²) < 4.78 is 5.52. The maximum Gasteiger partial charge on any atom is 0.341 e. The van der Waals surface area contributed by atoms with Crippen LogP contribution in [0.3, 0.4) is 0 Å². The second-order valence-electron chi connectivity index (χ2n) is 7.02. The molecule has 0 amide bonds. The summed E-state index contributed by atoms with van der Waals surface area (Å²) in [6.45, 7) is 2.90. The number of aliphatic carboxylic acids is 1. The number of ether oxygens (including phenoxy) is 1. The fraction of sp³-hybridized carbons (Fsp3) is 0.190. The second-order valence-corrected chi connectivity index (χ2v) is 7.02. The summed E-state index contributed by atoms with van der Waals surface area (Å²) in [4.78, 5) is 21.8. The molecule has 0 saturated carbocycles. The fourth-order valence-corrected chi connectivity index (χ4v) is 3.56. The Kier molecular flexibility index (Phi) is 4.25. The normalized spacial score (nSPS) is 13.3. The van der Waals surface area contributed by atoms with Gasteiger partial charge in [-0.2, -0.15) is 5.26 Å². The number of H-pyrrole nitrogens is 2. The monoisotopic (exact) mass is 390 g/mol. The van der Waals surface area contributed by atoms with Crippen LogP contribution >= 0.6 is 0 Å². The molecule has 4 rings (SSSR count). The lowest BCUT2D eigenvalue weighted by molar-refractivity contribution is -0.139. The zero-order chi connectivity index (χ0) is 20.8. The number of aliphatic hydroxyl groups is 1. The molecule has 4 N–H and O–H groups in total. The largest absolute Gasteiger partial charge is 0.481 e. The summed E-state index contributed by atoms with van der Waals surface area (Å²) in [5.41, 5.74) is 2.13. The fourth-order valence-electron chi connectivity index (χ4n) is 3.56. The molecule has 0 saturated heterocycles. The summed E-state index contributed by atoms with van der Waals surface area (Å²) in [7, 11) is 0. The van der Waals surface area contributed by atoms with Gasteiger partial charge in [0, 0.05) is 22.7 Å². The molecule has 2 aromatic heterocycles. The van der Waals surface area contributed by atoms with Crippen molar-refractivity contribution >= 4 is 27.9 Å². The Bertz CT molecular complexity index is 1290. The van der Waals surface area contributed by atoms with E-state index in [1.54, 1.807) is 43.5 Å². The van der Waals surface area contributed by atoms with Gasteiger partial charge in [0.2, 0.25) is 0 Å². The lowest BCUT2D eigenvalue weighted by atomic mass is 9.90. The molecule has 4 aromatic rings. The van der Waals surface area contributed by atoms with Gasteiger partial charge in [-0.15, -0.1) is 0 Å². The van der Waals surface area contributed by atoms with Gasteiger partial charge in [-0.1, -0.05) is 0 Å². The highest BCUT2D eigenvalue weighted by Gasteiger charge is 2.35. The number of aryl methyl sites for hydroxylation is 1. The third-order valence-electron chi connectivity index (χ3n) is 4.92. The van der Waals surface area contributed by atoms with Crippen molar-refractivity contribution in [3.8, 4) is 11.8 Å². The number of fused-ring (bicyclic) bond motifs is 2. The number of nitriles is 1. The van der Waals surface area contributed by atoms with Crippen molar-refractivity contribution in [2.24, 2.45) is 0 Å². The summed E-state index contributed by atoms with van der Waals surface area (Å²) >= 11 is 0. The van der Waals surface area contributed by atoms with Gasteiger partial charge in [0.15, 0.2) is 6.61 Å². The van der Waals surface area contributed by atoms with Gasteiger partial charge in [0.25, 0.3) is 0 Å². The van der Waals surface area contributed by atoms with E-state index in [-0.39, 0.29) is 11.6 Å². The average Bonchev–Trinajstić information content (AvgIpc) is 3.32. The van der Waals surface area contributed by atoms with Crippen LogP contribution in [-0.2, 0) is 10.4 Å². The molecule has 2 aromatic carbocycles. The maximum absolute atomic E-state index is 11.5. The Labute approximate surface area is 165 Å². The number of carboxylic acid groups (broad SMARTS) is 1. The number of aromatic nitrogens is 3. The molecule has 8 heteroatoms. The Morgan fingerprint density at radius 1 is 1.34 bits per heavy atom. The van der Waals surface area contributed by atoms with Crippen LogP contribution in [0.1, 0.15) is 29.4 Å². The van der Waals surface area contributed by atoms with Gasteiger partial charge in [-0.25, -0.2) is 9.78 Å². The lowest BCUT2D eigenvalue weighted by Crippen LogP contribution is -2.26. The molecule has 0 fully saturated rings. The lowest BCUT2D eigenvalue weighted by Gasteiger charge is -2.25. The van der Waals surface area contributed by atoms with Crippen LogP contribution in [0.25, 0.3) is 21.9 Å². The summed E-state index contributed by atoms with van der Waals surface area (Å²) in [6, 6.07) is 10.6. The number of imidazole rings is 1. The number of rotatable bonds is 5. The Morgan fingerprint density at radius 2 is 2.14 bits per heavy atom. The topological polar surface area (TPSA) is 135 Å². The SMILES string of the molecule is Cc1cc(OCC(=O)O)c(C(C)(O)c2nc3cc(C#N)ccc3[nH]2)c2cc[nH]c12. The number of carboxylic acids is 1. The highest BCUT2D eigenvalue weighted by molar-refractivity contribution is 5.90. The van der Waals surface area contributed by atoms with Gasteiger partial charge >= 0.3 is 5.97 Å². The number of nitrogens with one attached hydrogen (secondary N) is 2. The Balaban J connectivity index is 1.93. The van der Waals surface area contributed by atoms with Crippen LogP contribution in [0.5, 0.6) is 5.75 Å². The first-order chi connectivity index (χ1) is 13.8. The number of benzene rings is 2. The molecule has 1 unspecified atom stereocenters. The van der Waals surface area contributed by atoms with E-state index in [2.05, 4.69) is 21.0 Å². The zero-order valence-electron chi connectivity index (χ0n) is 15.8. The van der Waals surface area contributed by atoms with Crippen LogP contribution in [0, 0.1) is 18.3 Å². The average molecular weight is 390 g/mol. The van der Waals surface area contributed by atoms with Crippen molar-refractivity contribution in [2.75, 3.05) is 6.61 Å². The molecule has 0 bridgehead atoms. The minimum absolute atomic E-state index is 0.258. The molecule has 0 aliphatic heterocycles. The van der Waals surface area contributed by atoms with Crippen LogP contribution in [0.15, 0.2) is 36.5 Å². The van der Waals surface area contributed by atoms with Crippen LogP contribution in [0.4, 0.5) is 0 Å². The highest BCUT2D eigenvalue weighted by atomic mass is 16.5. The van der Waals surface area contributed by atoms with Gasteiger partial charge in [-0.05, 0) is 49.7 Å². The number of nitrogens with zero attached hydrogens (tertiary/aromatic N) is 2. The standard InChI is InChI=1S/C21H18N4O4/c1-11-7-16(29-10-17(26)27)18(13-5-6-23-19(11)13)21(2,28)20-24-14-4-3-12(9-22)8-15(14)25-20/h3-8,23,28H,10H2,1-2H3,(H,24,25)(H,26,27). The van der Waals surface area contributed by atoms with Crippen molar-refractivity contribution in [2.45, 2.75) is 19.4 Å². The van der Waals surface area contributed by atoms with Crippen molar-refractivity contribution in [1.29, 1.82) is 5.26 Å². The van der Waals surface area contributed by atoms with Crippen LogP contribution in [-0.4, -0.2) is 37.7 Å². The molecule has 1 atom stereocenters. The third-order valence-corrected chi connectivity index (χ3v) is 4.92. The van der Waals surface area contributed by atoms with Crippen molar-refractivity contribution in [3.05, 3.63) is 59.0 Å². The highest BCUT2D eigenvalue weighted by Crippen LogP contribution is 2.41. The first-order valence-electron chi connectivity index (χ1n) is 8.89. The van der Waals surface area contributed by atoms with E-state index >= 15 is 0 Å². The molecule has 146 valence electrons. The van der Waals surface area contributed by atoms with Gasteiger partial charge in [0.05, 0.1) is 22.7 Å². The molecule has 0 aliphatic rings. The maximum atomic E-state index is 11.5. The molecule has 29 heavy (non-hydrogen) atoms. The number of carbonyl (C=O) groups is 1. The minimum atomic E-state index is -1.62. The molecule has 0 aliphatic carbocycles. The number of hydrogen-bond acceptors (Lipinski definition) is 5. The minimum Gasteiger partial charge on any atom is -0.481 e.